The van der Waals surface area contributed by atoms with Gasteiger partial charge in [-0.1, -0.05) is 96.7 Å². The van der Waals surface area contributed by atoms with Gasteiger partial charge in [-0.25, -0.2) is 4.79 Å². The van der Waals surface area contributed by atoms with Crippen molar-refractivity contribution in [3.8, 4) is 0 Å². The van der Waals surface area contributed by atoms with Gasteiger partial charge in [0.25, 0.3) is 0 Å². The lowest BCUT2D eigenvalue weighted by Gasteiger charge is -2.32. The minimum atomic E-state index is -1.03. The van der Waals surface area contributed by atoms with E-state index in [0.29, 0.717) is 31.2 Å². The average Bonchev–Trinajstić information content (AvgIpc) is 2.99. The summed E-state index contributed by atoms with van der Waals surface area (Å²) in [4.78, 5) is 53.1. The number of aliphatic hydroxyl groups is 1. The van der Waals surface area contributed by atoms with E-state index in [9.17, 15) is 24.3 Å². The molecule has 4 atom stereocenters. The summed E-state index contributed by atoms with van der Waals surface area (Å²) in [7, 11) is 0. The van der Waals surface area contributed by atoms with Crippen LogP contribution in [0.25, 0.3) is 0 Å². The molecule has 10 nitrogen and oxygen atoms in total. The first-order valence-corrected chi connectivity index (χ1v) is 17.8. The number of hydrogen-bond donors (Lipinski definition) is 5. The molecule has 0 bridgehead atoms. The highest BCUT2D eigenvalue weighted by molar-refractivity contribution is 5.93. The standard InChI is InChI=1S/C38H62N4O6/c1-25(2)19-20-39-34(44)27(5)22-33(43)30(23-28-15-11-9-12-16-28)40-35(45)31(21-26(3)4)41-36(46)32(24-29-17-13-10-14-18-29)42-37(47)48-38(6,7)8/h10,13-14,17-18,25-26,28,30-33,43H,5,9,11-12,15-16,19-24H2,1-4,6-8H3,(H,39,44)(H,40,45)(H,41,46)(H,42,47)/t30-,31-,32-,33-/m0/s1. The van der Waals surface area contributed by atoms with Crippen molar-refractivity contribution in [2.24, 2.45) is 17.8 Å². The molecule has 1 aromatic carbocycles. The Balaban J connectivity index is 2.23. The molecule has 5 N–H and O–H groups in total. The van der Waals surface area contributed by atoms with E-state index in [4.69, 9.17) is 4.74 Å². The van der Waals surface area contributed by atoms with Gasteiger partial charge in [0.15, 0.2) is 0 Å². The molecule has 0 saturated heterocycles. The molecule has 1 saturated carbocycles. The molecule has 270 valence electrons. The second-order valence-corrected chi connectivity index (χ2v) is 15.2. The Bertz CT molecular complexity index is 1170. The Hall–Kier alpha value is -3.40. The number of ether oxygens (including phenoxy) is 1. The zero-order valence-corrected chi connectivity index (χ0v) is 30.4. The Kier molecular flexibility index (Phi) is 17.2. The SMILES string of the molecule is C=C(C[C@H](O)[C@H](CC1CCCCC1)NC(=O)[C@H](CC(C)C)NC(=O)[C@H](Cc1ccccc1)NC(=O)OC(C)(C)C)C(=O)NCCC(C)C. The third-order valence-corrected chi connectivity index (χ3v) is 8.52. The summed E-state index contributed by atoms with van der Waals surface area (Å²) >= 11 is 0. The van der Waals surface area contributed by atoms with E-state index >= 15 is 0 Å². The highest BCUT2D eigenvalue weighted by Gasteiger charge is 2.33. The first kappa shape index (κ1) is 40.8. The number of rotatable bonds is 18. The predicted molar refractivity (Wildman–Crippen MR) is 190 cm³/mol. The average molecular weight is 671 g/mol. The van der Waals surface area contributed by atoms with E-state index < -0.39 is 47.7 Å². The van der Waals surface area contributed by atoms with Crippen molar-refractivity contribution in [3.05, 3.63) is 48.0 Å². The first-order chi connectivity index (χ1) is 22.5. The molecule has 1 aliphatic rings. The van der Waals surface area contributed by atoms with Crippen LogP contribution >= 0.6 is 0 Å². The van der Waals surface area contributed by atoms with Gasteiger partial charge in [0.2, 0.25) is 17.7 Å². The number of carbonyl (C=O) groups excluding carboxylic acids is 4. The van der Waals surface area contributed by atoms with Crippen molar-refractivity contribution in [2.75, 3.05) is 6.54 Å². The highest BCUT2D eigenvalue weighted by atomic mass is 16.6. The second-order valence-electron chi connectivity index (χ2n) is 15.2. The lowest BCUT2D eigenvalue weighted by Crippen LogP contribution is -2.57. The molecule has 0 heterocycles. The van der Waals surface area contributed by atoms with Crippen LogP contribution in [0.3, 0.4) is 0 Å². The molecule has 10 heteroatoms. The van der Waals surface area contributed by atoms with Crippen molar-refractivity contribution in [1.29, 1.82) is 0 Å². The molecule has 0 radical (unpaired) electrons. The zero-order valence-electron chi connectivity index (χ0n) is 30.4. The van der Waals surface area contributed by atoms with Crippen LogP contribution in [0.4, 0.5) is 4.79 Å². The van der Waals surface area contributed by atoms with Crippen LogP contribution in [0.5, 0.6) is 0 Å². The predicted octanol–water partition coefficient (Wildman–Crippen LogP) is 5.58. The largest absolute Gasteiger partial charge is 0.444 e. The van der Waals surface area contributed by atoms with Crippen molar-refractivity contribution < 1.29 is 29.0 Å². The third kappa shape index (κ3) is 16.1. The summed E-state index contributed by atoms with van der Waals surface area (Å²) < 4.78 is 5.43. The van der Waals surface area contributed by atoms with Gasteiger partial charge in [-0.15, -0.1) is 0 Å². The number of amides is 4. The van der Waals surface area contributed by atoms with Crippen LogP contribution in [0.15, 0.2) is 42.5 Å². The number of hydrogen-bond acceptors (Lipinski definition) is 6. The maximum absolute atomic E-state index is 13.9. The fourth-order valence-corrected chi connectivity index (χ4v) is 5.95. The van der Waals surface area contributed by atoms with Gasteiger partial charge in [0.05, 0.1) is 12.1 Å². The summed E-state index contributed by atoms with van der Waals surface area (Å²) in [6, 6.07) is 6.77. The molecule has 1 fully saturated rings. The lowest BCUT2D eigenvalue weighted by atomic mass is 9.83. The number of benzene rings is 1. The maximum atomic E-state index is 13.9. The molecule has 0 aliphatic heterocycles. The fraction of sp³-hybridized carbons (Fsp3) is 0.684. The van der Waals surface area contributed by atoms with Crippen molar-refractivity contribution in [3.63, 3.8) is 0 Å². The fourth-order valence-electron chi connectivity index (χ4n) is 5.95. The molecular formula is C38H62N4O6. The molecule has 2 rings (SSSR count). The van der Waals surface area contributed by atoms with Crippen LogP contribution in [-0.4, -0.2) is 65.3 Å². The molecule has 0 spiro atoms. The highest BCUT2D eigenvalue weighted by Crippen LogP contribution is 2.29. The first-order valence-electron chi connectivity index (χ1n) is 17.8. The Morgan fingerprint density at radius 1 is 0.896 bits per heavy atom. The summed E-state index contributed by atoms with van der Waals surface area (Å²) in [5, 5.41) is 22.9. The monoisotopic (exact) mass is 670 g/mol. The minimum absolute atomic E-state index is 0.0192. The van der Waals surface area contributed by atoms with Gasteiger partial charge >= 0.3 is 6.09 Å². The van der Waals surface area contributed by atoms with Crippen LogP contribution in [0, 0.1) is 17.8 Å². The number of aliphatic hydroxyl groups excluding tert-OH is 1. The molecule has 48 heavy (non-hydrogen) atoms. The normalized spacial score (nSPS) is 16.4. The van der Waals surface area contributed by atoms with Gasteiger partial charge in [-0.3, -0.25) is 14.4 Å². The maximum Gasteiger partial charge on any atom is 0.408 e. The topological polar surface area (TPSA) is 146 Å². The van der Waals surface area contributed by atoms with Gasteiger partial charge in [-0.2, -0.15) is 0 Å². The van der Waals surface area contributed by atoms with Crippen LogP contribution < -0.4 is 21.3 Å². The van der Waals surface area contributed by atoms with Crippen LogP contribution in [0.1, 0.15) is 112 Å². The van der Waals surface area contributed by atoms with Crippen LogP contribution in [0.2, 0.25) is 0 Å². The van der Waals surface area contributed by atoms with E-state index in [-0.39, 0.29) is 30.2 Å². The van der Waals surface area contributed by atoms with Gasteiger partial charge in [0, 0.05) is 25.0 Å². The summed E-state index contributed by atoms with van der Waals surface area (Å²) in [5.41, 5.74) is 0.340. The number of alkyl carbamates (subject to hydrolysis) is 1. The number of carbonyl (C=O) groups is 4. The number of nitrogens with one attached hydrogen (secondary N) is 4. The van der Waals surface area contributed by atoms with Gasteiger partial charge in [-0.05, 0) is 63.4 Å². The third-order valence-electron chi connectivity index (χ3n) is 8.52. The molecular weight excluding hydrogens is 608 g/mol. The second kappa shape index (κ2) is 20.2. The molecule has 1 aromatic rings. The van der Waals surface area contributed by atoms with Crippen molar-refractivity contribution >= 4 is 23.8 Å². The van der Waals surface area contributed by atoms with E-state index in [1.807, 2.05) is 44.2 Å². The molecule has 1 aliphatic carbocycles. The van der Waals surface area contributed by atoms with E-state index in [2.05, 4.69) is 41.7 Å². The van der Waals surface area contributed by atoms with Gasteiger partial charge in [0.1, 0.15) is 17.7 Å². The van der Waals surface area contributed by atoms with E-state index in [0.717, 1.165) is 37.7 Å². The quantitative estimate of drug-likeness (QED) is 0.129. The smallest absolute Gasteiger partial charge is 0.408 e. The van der Waals surface area contributed by atoms with E-state index in [1.165, 1.54) is 6.42 Å². The van der Waals surface area contributed by atoms with Crippen molar-refractivity contribution in [1.82, 2.24) is 21.3 Å². The minimum Gasteiger partial charge on any atom is -0.444 e. The lowest BCUT2D eigenvalue weighted by molar-refractivity contribution is -0.131. The zero-order chi connectivity index (χ0) is 35.9. The Labute approximate surface area is 288 Å². The molecule has 4 amide bonds. The summed E-state index contributed by atoms with van der Waals surface area (Å²) in [6.45, 7) is 17.8. The summed E-state index contributed by atoms with van der Waals surface area (Å²) in [5.74, 6) is -0.396. The Morgan fingerprint density at radius 2 is 1.52 bits per heavy atom. The summed E-state index contributed by atoms with van der Waals surface area (Å²) in [6.07, 6.45) is 5.61. The molecule has 0 unspecified atom stereocenters. The van der Waals surface area contributed by atoms with Gasteiger partial charge < -0.3 is 31.1 Å². The molecule has 0 aromatic heterocycles. The van der Waals surface area contributed by atoms with Crippen LogP contribution in [-0.2, 0) is 25.5 Å². The van der Waals surface area contributed by atoms with Crippen molar-refractivity contribution in [2.45, 2.75) is 143 Å². The Morgan fingerprint density at radius 3 is 2.10 bits per heavy atom. The van der Waals surface area contributed by atoms with E-state index in [1.54, 1.807) is 20.8 Å².